The van der Waals surface area contributed by atoms with E-state index >= 15 is 0 Å². The molecule has 37 heavy (non-hydrogen) atoms. The van der Waals surface area contributed by atoms with Crippen LogP contribution in [0.25, 0.3) is 17.2 Å². The number of nitrogens with one attached hydrogen (secondary N) is 2. The number of halogens is 2. The smallest absolute Gasteiger partial charge is 0.225 e. The van der Waals surface area contributed by atoms with Gasteiger partial charge in [-0.15, -0.1) is 0 Å². The van der Waals surface area contributed by atoms with Crippen molar-refractivity contribution in [2.24, 2.45) is 11.8 Å². The number of fused-ring (bicyclic) bond motifs is 1. The average Bonchev–Trinajstić information content (AvgIpc) is 3.34. The second kappa shape index (κ2) is 9.61. The minimum absolute atomic E-state index is 0.00258. The van der Waals surface area contributed by atoms with E-state index < -0.39 is 0 Å². The molecule has 0 spiro atoms. The Morgan fingerprint density at radius 2 is 1.86 bits per heavy atom. The lowest BCUT2D eigenvalue weighted by atomic mass is 10.1. The van der Waals surface area contributed by atoms with Crippen molar-refractivity contribution in [3.63, 3.8) is 0 Å². The maximum atomic E-state index is 12.4. The molecule has 2 aromatic heterocycles. The zero-order chi connectivity index (χ0) is 25.7. The van der Waals surface area contributed by atoms with Crippen molar-refractivity contribution in [3.05, 3.63) is 51.9 Å². The van der Waals surface area contributed by atoms with Crippen LogP contribution in [0.5, 0.6) is 0 Å². The van der Waals surface area contributed by atoms with Crippen molar-refractivity contribution >= 4 is 41.0 Å². The molecule has 9 nitrogen and oxygen atoms in total. The third kappa shape index (κ3) is 4.66. The molecule has 0 radical (unpaired) electrons. The van der Waals surface area contributed by atoms with Crippen LogP contribution in [0.1, 0.15) is 30.7 Å². The Bertz CT molecular complexity index is 1390. The molecule has 2 fully saturated rings. The van der Waals surface area contributed by atoms with Crippen LogP contribution in [0.4, 0.5) is 5.95 Å². The molecule has 1 aliphatic heterocycles. The number of likely N-dealkylation sites (tertiary alicyclic amines) is 1. The predicted molar refractivity (Wildman–Crippen MR) is 141 cm³/mol. The summed E-state index contributed by atoms with van der Waals surface area (Å²) in [7, 11) is 1.65. The normalized spacial score (nSPS) is 20.7. The monoisotopic (exact) mass is 539 g/mol. The first-order chi connectivity index (χ1) is 17.9. The van der Waals surface area contributed by atoms with Crippen LogP contribution in [0.3, 0.4) is 0 Å². The molecule has 3 heterocycles. The molecule has 1 saturated carbocycles. The maximum absolute atomic E-state index is 12.4. The lowest BCUT2D eigenvalue weighted by Crippen LogP contribution is -2.32. The van der Waals surface area contributed by atoms with Gasteiger partial charge in [-0.1, -0.05) is 23.2 Å². The minimum atomic E-state index is -0.176. The van der Waals surface area contributed by atoms with Gasteiger partial charge in [0.05, 0.1) is 15.7 Å². The Balaban J connectivity index is 1.32. The van der Waals surface area contributed by atoms with E-state index in [2.05, 4.69) is 15.6 Å². The molecule has 3 aliphatic rings. The number of benzene rings is 1. The van der Waals surface area contributed by atoms with Crippen LogP contribution in [0.15, 0.2) is 30.5 Å². The van der Waals surface area contributed by atoms with Crippen molar-refractivity contribution in [2.45, 2.75) is 38.1 Å². The Labute approximate surface area is 224 Å². The van der Waals surface area contributed by atoms with E-state index in [0.29, 0.717) is 47.0 Å². The number of hydrogen-bond donors (Lipinski definition) is 2. The molecule has 192 valence electrons. The maximum Gasteiger partial charge on any atom is 0.225 e. The molecule has 1 aromatic carbocycles. The molecular formula is C26H27Cl2N7O2. The molecule has 3 aromatic rings. The lowest BCUT2D eigenvalue weighted by Gasteiger charge is -2.17. The van der Waals surface area contributed by atoms with Gasteiger partial charge in [0.2, 0.25) is 17.8 Å². The summed E-state index contributed by atoms with van der Waals surface area (Å²) in [6, 6.07) is 7.34. The van der Waals surface area contributed by atoms with Crippen LogP contribution >= 0.6 is 23.2 Å². The number of carbonyl (C=O) groups excluding carboxylic acids is 2. The van der Waals surface area contributed by atoms with Crippen molar-refractivity contribution in [3.8, 4) is 17.2 Å². The van der Waals surface area contributed by atoms with E-state index in [1.54, 1.807) is 25.4 Å². The molecule has 6 rings (SSSR count). The quantitative estimate of drug-likeness (QED) is 0.496. The van der Waals surface area contributed by atoms with Gasteiger partial charge in [-0.25, -0.2) is 9.97 Å². The second-order valence-corrected chi connectivity index (χ2v) is 10.8. The number of amides is 2. The van der Waals surface area contributed by atoms with Crippen molar-refractivity contribution in [2.75, 3.05) is 25.5 Å². The topological polar surface area (TPSA) is 105 Å². The summed E-state index contributed by atoms with van der Waals surface area (Å²) in [5, 5.41) is 7.07. The van der Waals surface area contributed by atoms with Crippen molar-refractivity contribution in [1.82, 2.24) is 29.7 Å². The molecular weight excluding hydrogens is 513 g/mol. The van der Waals surface area contributed by atoms with Crippen LogP contribution in [0.2, 0.25) is 10.0 Å². The zero-order valence-electron chi connectivity index (χ0n) is 20.4. The van der Waals surface area contributed by atoms with E-state index in [1.807, 2.05) is 21.6 Å². The highest BCUT2D eigenvalue weighted by Gasteiger charge is 2.37. The summed E-state index contributed by atoms with van der Waals surface area (Å²) in [6.07, 6.45) is 5.69. The van der Waals surface area contributed by atoms with E-state index in [1.165, 1.54) is 0 Å². The summed E-state index contributed by atoms with van der Waals surface area (Å²) in [6.45, 7) is 1.41. The Kier molecular flexibility index (Phi) is 6.28. The first kappa shape index (κ1) is 24.2. The number of nitrogens with zero attached hydrogens (tertiary/aromatic N) is 5. The zero-order valence-corrected chi connectivity index (χ0v) is 21.9. The summed E-state index contributed by atoms with van der Waals surface area (Å²) in [5.41, 5.74) is 2.62. The number of hydrogen-bond acceptors (Lipinski definition) is 6. The number of carbonyl (C=O) groups is 2. The van der Waals surface area contributed by atoms with Gasteiger partial charge in [-0.05, 0) is 43.5 Å². The van der Waals surface area contributed by atoms with E-state index in [9.17, 15) is 9.59 Å². The van der Waals surface area contributed by atoms with Gasteiger partial charge in [-0.2, -0.15) is 4.98 Å². The highest BCUT2D eigenvalue weighted by atomic mass is 35.5. The fraction of sp³-hybridized carbons (Fsp3) is 0.423. The largest absolute Gasteiger partial charge is 0.359 e. The van der Waals surface area contributed by atoms with Crippen molar-refractivity contribution < 1.29 is 9.59 Å². The SMILES string of the molecule is CNC(=O)C1Cc2nc(-c3ccc(Cl)c(Cl)c3)n(-c3ccnc(N[C@H]4CCN(C(=O)C5CC5)C4)n3)c2C1. The first-order valence-electron chi connectivity index (χ1n) is 12.6. The van der Waals surface area contributed by atoms with Crippen LogP contribution < -0.4 is 10.6 Å². The third-order valence-electron chi connectivity index (χ3n) is 7.36. The summed E-state index contributed by atoms with van der Waals surface area (Å²) >= 11 is 12.5. The summed E-state index contributed by atoms with van der Waals surface area (Å²) in [4.78, 5) is 41.0. The standard InChI is InChI=1S/C26H27Cl2N7O2/c1-29-24(36)16-11-20-21(12-16)35(23(32-20)15-4-5-18(27)19(28)10-15)22-6-8-30-26(33-22)31-17-7-9-34(13-17)25(37)14-2-3-14/h4-6,8,10,14,16-17H,2-3,7,9,11-13H2,1H3,(H,29,36)(H,30,31,33)/t16?,17-/m0/s1. The Morgan fingerprint density at radius 1 is 1.03 bits per heavy atom. The highest BCUT2D eigenvalue weighted by Crippen LogP contribution is 2.36. The molecule has 2 aliphatic carbocycles. The molecule has 1 unspecified atom stereocenters. The third-order valence-corrected chi connectivity index (χ3v) is 8.10. The number of anilines is 1. The molecule has 11 heteroatoms. The molecule has 2 amide bonds. The molecule has 2 N–H and O–H groups in total. The van der Waals surface area contributed by atoms with Crippen molar-refractivity contribution in [1.29, 1.82) is 0 Å². The van der Waals surface area contributed by atoms with Crippen LogP contribution in [0, 0.1) is 11.8 Å². The van der Waals surface area contributed by atoms with Gasteiger partial charge >= 0.3 is 0 Å². The Hall–Kier alpha value is -3.17. The predicted octanol–water partition coefficient (Wildman–Crippen LogP) is 3.52. The molecule has 0 bridgehead atoms. The minimum Gasteiger partial charge on any atom is -0.359 e. The Morgan fingerprint density at radius 3 is 2.62 bits per heavy atom. The van der Waals surface area contributed by atoms with E-state index in [0.717, 1.165) is 42.8 Å². The van der Waals surface area contributed by atoms with Gasteiger partial charge in [-0.3, -0.25) is 14.2 Å². The fourth-order valence-corrected chi connectivity index (χ4v) is 5.57. The summed E-state index contributed by atoms with van der Waals surface area (Å²) in [5.74, 6) is 2.14. The summed E-state index contributed by atoms with van der Waals surface area (Å²) < 4.78 is 1.99. The first-order valence-corrected chi connectivity index (χ1v) is 13.3. The van der Waals surface area contributed by atoms with Gasteiger partial charge in [0.15, 0.2) is 0 Å². The van der Waals surface area contributed by atoms with Gasteiger partial charge in [0, 0.05) is 68.3 Å². The molecule has 2 atom stereocenters. The van der Waals surface area contributed by atoms with E-state index in [4.69, 9.17) is 33.2 Å². The highest BCUT2D eigenvalue weighted by molar-refractivity contribution is 6.42. The van der Waals surface area contributed by atoms with Crippen LogP contribution in [-0.4, -0.2) is 62.4 Å². The number of imidazole rings is 1. The van der Waals surface area contributed by atoms with Crippen LogP contribution in [-0.2, 0) is 22.4 Å². The van der Waals surface area contributed by atoms with Gasteiger partial charge < -0.3 is 15.5 Å². The lowest BCUT2D eigenvalue weighted by molar-refractivity contribution is -0.131. The van der Waals surface area contributed by atoms with Gasteiger partial charge in [0.25, 0.3) is 0 Å². The number of aromatic nitrogens is 4. The van der Waals surface area contributed by atoms with Gasteiger partial charge in [0.1, 0.15) is 11.6 Å². The van der Waals surface area contributed by atoms with E-state index in [-0.39, 0.29) is 29.7 Å². The number of rotatable bonds is 6. The average molecular weight is 540 g/mol. The second-order valence-electron chi connectivity index (χ2n) is 9.94. The molecule has 1 saturated heterocycles. The fourth-order valence-electron chi connectivity index (χ4n) is 5.27.